The van der Waals surface area contributed by atoms with Crippen LogP contribution in [0, 0.1) is 0 Å². The van der Waals surface area contributed by atoms with Crippen LogP contribution >= 0.6 is 12.2 Å². The van der Waals surface area contributed by atoms with E-state index >= 15 is 0 Å². The molecule has 4 heteroatoms. The Morgan fingerprint density at radius 3 is 2.73 bits per heavy atom. The van der Waals surface area contributed by atoms with Gasteiger partial charge in [-0.3, -0.25) is 4.98 Å². The van der Waals surface area contributed by atoms with Gasteiger partial charge in [0.05, 0.1) is 7.11 Å². The standard InChI is InChI=1S/C7H8N2OS/c1-10-7(11)9-6-2-4-8-5-3-6/h2-5H,1H3,(H,8,9,11). The lowest BCUT2D eigenvalue weighted by molar-refractivity contribution is 0.413. The van der Waals surface area contributed by atoms with E-state index in [0.717, 1.165) is 5.69 Å². The summed E-state index contributed by atoms with van der Waals surface area (Å²) in [6.45, 7) is 0. The molecule has 0 aromatic carbocycles. The summed E-state index contributed by atoms with van der Waals surface area (Å²) in [6.07, 6.45) is 3.36. The number of aromatic nitrogens is 1. The molecule has 0 aliphatic rings. The van der Waals surface area contributed by atoms with E-state index in [0.29, 0.717) is 5.17 Å². The molecule has 0 aliphatic heterocycles. The first-order chi connectivity index (χ1) is 5.33. The highest BCUT2D eigenvalue weighted by atomic mass is 32.1. The third kappa shape index (κ3) is 2.51. The summed E-state index contributed by atoms with van der Waals surface area (Å²) in [5.41, 5.74) is 0.881. The van der Waals surface area contributed by atoms with Crippen LogP contribution in [-0.4, -0.2) is 17.3 Å². The first-order valence-corrected chi connectivity index (χ1v) is 3.49. The highest BCUT2D eigenvalue weighted by molar-refractivity contribution is 7.80. The smallest absolute Gasteiger partial charge is 0.260 e. The van der Waals surface area contributed by atoms with Gasteiger partial charge >= 0.3 is 0 Å². The van der Waals surface area contributed by atoms with Crippen molar-refractivity contribution in [3.8, 4) is 0 Å². The molecular weight excluding hydrogens is 160 g/mol. The average Bonchev–Trinajstić information content (AvgIpc) is 2.06. The minimum atomic E-state index is 0.358. The average molecular weight is 168 g/mol. The van der Waals surface area contributed by atoms with Gasteiger partial charge < -0.3 is 10.1 Å². The number of nitrogens with one attached hydrogen (secondary N) is 1. The summed E-state index contributed by atoms with van der Waals surface area (Å²) in [5, 5.41) is 3.22. The Morgan fingerprint density at radius 2 is 2.18 bits per heavy atom. The minimum Gasteiger partial charge on any atom is -0.474 e. The number of nitrogens with zero attached hydrogens (tertiary/aromatic N) is 1. The van der Waals surface area contributed by atoms with Crippen LogP contribution in [0.25, 0.3) is 0 Å². The topological polar surface area (TPSA) is 34.1 Å². The maximum absolute atomic E-state index is 4.78. The molecule has 58 valence electrons. The molecule has 0 saturated carbocycles. The Bertz CT molecular complexity index is 237. The van der Waals surface area contributed by atoms with Gasteiger partial charge in [0, 0.05) is 18.1 Å². The Morgan fingerprint density at radius 1 is 1.55 bits per heavy atom. The van der Waals surface area contributed by atoms with Crippen LogP contribution in [-0.2, 0) is 4.74 Å². The molecule has 0 saturated heterocycles. The van der Waals surface area contributed by atoms with Crippen molar-refractivity contribution in [3.05, 3.63) is 24.5 Å². The van der Waals surface area contributed by atoms with Gasteiger partial charge in [-0.05, 0) is 24.4 Å². The number of thiocarbonyl (C=S) groups is 1. The third-order valence-electron chi connectivity index (χ3n) is 1.11. The van der Waals surface area contributed by atoms with E-state index in [4.69, 9.17) is 17.0 Å². The second-order valence-electron chi connectivity index (χ2n) is 1.85. The largest absolute Gasteiger partial charge is 0.474 e. The number of hydrogen-bond acceptors (Lipinski definition) is 3. The maximum Gasteiger partial charge on any atom is 0.260 e. The highest BCUT2D eigenvalue weighted by Crippen LogP contribution is 2.02. The molecule has 0 unspecified atom stereocenters. The van der Waals surface area contributed by atoms with E-state index < -0.39 is 0 Å². The van der Waals surface area contributed by atoms with Crippen LogP contribution < -0.4 is 5.32 Å². The van der Waals surface area contributed by atoms with Crippen molar-refractivity contribution < 1.29 is 4.74 Å². The molecule has 1 N–H and O–H groups in total. The summed E-state index contributed by atoms with van der Waals surface area (Å²) in [6, 6.07) is 3.62. The predicted molar refractivity (Wildman–Crippen MR) is 47.5 cm³/mol. The van der Waals surface area contributed by atoms with Crippen LogP contribution in [0.4, 0.5) is 5.69 Å². The van der Waals surface area contributed by atoms with Crippen molar-refractivity contribution in [1.29, 1.82) is 0 Å². The minimum absolute atomic E-state index is 0.358. The molecule has 0 aliphatic carbocycles. The van der Waals surface area contributed by atoms with E-state index in [1.54, 1.807) is 12.4 Å². The lowest BCUT2D eigenvalue weighted by atomic mass is 10.4. The van der Waals surface area contributed by atoms with E-state index in [-0.39, 0.29) is 0 Å². The Balaban J connectivity index is 2.58. The van der Waals surface area contributed by atoms with E-state index in [2.05, 4.69) is 10.3 Å². The number of hydrogen-bond donors (Lipinski definition) is 1. The summed E-state index contributed by atoms with van der Waals surface area (Å²) in [7, 11) is 1.52. The maximum atomic E-state index is 4.78. The quantitative estimate of drug-likeness (QED) is 0.643. The fourth-order valence-corrected chi connectivity index (χ4v) is 0.722. The SMILES string of the molecule is COC(=S)Nc1ccncc1. The lowest BCUT2D eigenvalue weighted by Gasteiger charge is -2.04. The lowest BCUT2D eigenvalue weighted by Crippen LogP contribution is -2.10. The number of methoxy groups -OCH3 is 1. The van der Waals surface area contributed by atoms with Crippen LogP contribution in [0.15, 0.2) is 24.5 Å². The Labute approximate surface area is 70.4 Å². The zero-order valence-electron chi connectivity index (χ0n) is 6.07. The summed E-state index contributed by atoms with van der Waals surface area (Å²) in [4.78, 5) is 3.85. The van der Waals surface area contributed by atoms with Gasteiger partial charge in [0.25, 0.3) is 5.17 Å². The first-order valence-electron chi connectivity index (χ1n) is 3.08. The van der Waals surface area contributed by atoms with E-state index in [1.165, 1.54) is 7.11 Å². The van der Waals surface area contributed by atoms with Crippen molar-refractivity contribution in [1.82, 2.24) is 4.98 Å². The molecule has 3 nitrogen and oxygen atoms in total. The van der Waals surface area contributed by atoms with Crippen molar-refractivity contribution >= 4 is 23.1 Å². The fraction of sp³-hybridized carbons (Fsp3) is 0.143. The molecular formula is C7H8N2OS. The zero-order valence-corrected chi connectivity index (χ0v) is 6.89. The van der Waals surface area contributed by atoms with Crippen LogP contribution in [0.5, 0.6) is 0 Å². The monoisotopic (exact) mass is 168 g/mol. The molecule has 0 spiro atoms. The third-order valence-corrected chi connectivity index (χ3v) is 1.38. The van der Waals surface area contributed by atoms with Gasteiger partial charge in [-0.1, -0.05) is 0 Å². The highest BCUT2D eigenvalue weighted by Gasteiger charge is 1.92. The van der Waals surface area contributed by atoms with Crippen molar-refractivity contribution in [2.45, 2.75) is 0 Å². The van der Waals surface area contributed by atoms with Gasteiger partial charge in [0.1, 0.15) is 0 Å². The Hall–Kier alpha value is -1.16. The summed E-state index contributed by atoms with van der Waals surface area (Å²) < 4.78 is 4.75. The molecule has 0 radical (unpaired) electrons. The number of anilines is 1. The second kappa shape index (κ2) is 3.88. The van der Waals surface area contributed by atoms with Crippen LogP contribution in [0.2, 0.25) is 0 Å². The molecule has 0 bridgehead atoms. The molecule has 1 heterocycles. The molecule has 0 amide bonds. The molecule has 1 rings (SSSR count). The molecule has 1 aromatic heterocycles. The summed E-state index contributed by atoms with van der Waals surface area (Å²) in [5.74, 6) is 0. The molecule has 0 atom stereocenters. The van der Waals surface area contributed by atoms with Gasteiger partial charge in [-0.2, -0.15) is 0 Å². The predicted octanol–water partition coefficient (Wildman–Crippen LogP) is 1.42. The van der Waals surface area contributed by atoms with E-state index in [1.807, 2.05) is 12.1 Å². The number of rotatable bonds is 1. The second-order valence-corrected chi connectivity index (χ2v) is 2.22. The van der Waals surface area contributed by atoms with Crippen LogP contribution in [0.3, 0.4) is 0 Å². The molecule has 11 heavy (non-hydrogen) atoms. The van der Waals surface area contributed by atoms with Gasteiger partial charge in [-0.15, -0.1) is 0 Å². The van der Waals surface area contributed by atoms with Crippen molar-refractivity contribution in [3.63, 3.8) is 0 Å². The van der Waals surface area contributed by atoms with Crippen molar-refractivity contribution in [2.24, 2.45) is 0 Å². The van der Waals surface area contributed by atoms with Crippen LogP contribution in [0.1, 0.15) is 0 Å². The zero-order chi connectivity index (χ0) is 8.10. The van der Waals surface area contributed by atoms with Crippen molar-refractivity contribution in [2.75, 3.05) is 12.4 Å². The summed E-state index contributed by atoms with van der Waals surface area (Å²) >= 11 is 4.78. The number of ether oxygens (including phenoxy) is 1. The van der Waals surface area contributed by atoms with Gasteiger partial charge in [0.15, 0.2) is 0 Å². The van der Waals surface area contributed by atoms with E-state index in [9.17, 15) is 0 Å². The van der Waals surface area contributed by atoms with Gasteiger partial charge in [0.2, 0.25) is 0 Å². The number of pyridine rings is 1. The first kappa shape index (κ1) is 7.94. The molecule has 1 aromatic rings. The van der Waals surface area contributed by atoms with Gasteiger partial charge in [-0.25, -0.2) is 0 Å². The molecule has 0 fully saturated rings. The fourth-order valence-electron chi connectivity index (χ4n) is 0.604. The Kier molecular flexibility index (Phi) is 2.80. The normalized spacial score (nSPS) is 8.82.